The first kappa shape index (κ1) is 15.8. The highest BCUT2D eigenvalue weighted by Crippen LogP contribution is 2.15. The van der Waals surface area contributed by atoms with E-state index in [2.05, 4.69) is 0 Å². The van der Waals surface area contributed by atoms with Crippen LogP contribution in [0.2, 0.25) is 0 Å². The second-order valence-corrected chi connectivity index (χ2v) is 8.11. The number of hydrogen-bond acceptors (Lipinski definition) is 4. The van der Waals surface area contributed by atoms with Crippen molar-refractivity contribution < 1.29 is 22.5 Å². The van der Waals surface area contributed by atoms with Crippen LogP contribution in [-0.4, -0.2) is 41.0 Å². The van der Waals surface area contributed by atoms with Crippen molar-refractivity contribution in [2.45, 2.75) is 18.7 Å². The highest BCUT2D eigenvalue weighted by Gasteiger charge is 2.14. The van der Waals surface area contributed by atoms with Crippen LogP contribution >= 0.6 is 0 Å². The fourth-order valence-electron chi connectivity index (χ4n) is 1.44. The van der Waals surface area contributed by atoms with Gasteiger partial charge in [-0.05, 0) is 24.6 Å². The lowest BCUT2D eigenvalue weighted by Crippen LogP contribution is -2.15. The van der Waals surface area contributed by atoms with Gasteiger partial charge < -0.3 is 5.11 Å². The number of carboxylic acid groups (broad SMARTS) is 1. The third-order valence-electron chi connectivity index (χ3n) is 2.72. The molecule has 1 rings (SSSR count). The maximum Gasteiger partial charge on any atom is 0.335 e. The van der Waals surface area contributed by atoms with Gasteiger partial charge in [0.15, 0.2) is 9.84 Å². The van der Waals surface area contributed by atoms with Crippen LogP contribution in [0, 0.1) is 6.92 Å². The fourth-order valence-corrected chi connectivity index (χ4v) is 4.05. The van der Waals surface area contributed by atoms with E-state index in [0.29, 0.717) is 10.5 Å². The van der Waals surface area contributed by atoms with Crippen LogP contribution in [0.3, 0.4) is 0 Å². The number of benzene rings is 1. The summed E-state index contributed by atoms with van der Waals surface area (Å²) in [7, 11) is -4.68. The van der Waals surface area contributed by atoms with Crippen LogP contribution in [0.25, 0.3) is 0 Å². The molecule has 0 heterocycles. The van der Waals surface area contributed by atoms with Crippen LogP contribution in [0.4, 0.5) is 0 Å². The van der Waals surface area contributed by atoms with E-state index in [9.17, 15) is 17.4 Å². The molecule has 0 saturated heterocycles. The molecule has 0 aromatic heterocycles. The number of rotatable bonds is 6. The first-order valence-electron chi connectivity index (χ1n) is 5.69. The Hall–Kier alpha value is -1.21. The Kier molecular flexibility index (Phi) is 5.25. The van der Waals surface area contributed by atoms with Crippen molar-refractivity contribution in [3.05, 3.63) is 29.3 Å². The second-order valence-electron chi connectivity index (χ2n) is 4.07. The number of aromatic carboxylic acids is 1. The molecule has 1 atom stereocenters. The van der Waals surface area contributed by atoms with Crippen molar-refractivity contribution in [3.8, 4) is 0 Å². The van der Waals surface area contributed by atoms with Crippen molar-refractivity contribution in [3.63, 3.8) is 0 Å². The number of sulfone groups is 1. The molecule has 5 nitrogen and oxygen atoms in total. The van der Waals surface area contributed by atoms with Gasteiger partial charge in [0, 0.05) is 16.4 Å². The number of carboxylic acids is 1. The van der Waals surface area contributed by atoms with E-state index in [-0.39, 0.29) is 22.8 Å². The topological polar surface area (TPSA) is 88.5 Å². The van der Waals surface area contributed by atoms with E-state index in [0.717, 1.165) is 0 Å². The van der Waals surface area contributed by atoms with Gasteiger partial charge in [0.2, 0.25) is 0 Å². The Morgan fingerprint density at radius 3 is 2.53 bits per heavy atom. The summed E-state index contributed by atoms with van der Waals surface area (Å²) >= 11 is 0. The molecular formula is C12H16O5S2. The highest BCUT2D eigenvalue weighted by atomic mass is 32.2. The molecular weight excluding hydrogens is 288 g/mol. The maximum atomic E-state index is 11.9. The molecule has 0 saturated carbocycles. The van der Waals surface area contributed by atoms with Crippen molar-refractivity contribution in [1.29, 1.82) is 0 Å². The molecule has 7 heteroatoms. The van der Waals surface area contributed by atoms with E-state index in [4.69, 9.17) is 5.11 Å². The summed E-state index contributed by atoms with van der Waals surface area (Å²) in [4.78, 5) is 11.3. The third kappa shape index (κ3) is 4.43. The van der Waals surface area contributed by atoms with Crippen molar-refractivity contribution in [2.24, 2.45) is 0 Å². The van der Waals surface area contributed by atoms with Crippen molar-refractivity contribution in [1.82, 2.24) is 0 Å². The molecule has 1 unspecified atom stereocenters. The molecule has 1 N–H and O–H groups in total. The van der Waals surface area contributed by atoms with Gasteiger partial charge in [0.1, 0.15) is 0 Å². The summed E-state index contributed by atoms with van der Waals surface area (Å²) in [6, 6.07) is 4.48. The molecule has 1 aromatic rings. The summed E-state index contributed by atoms with van der Waals surface area (Å²) in [5, 5.41) is 8.97. The Morgan fingerprint density at radius 1 is 1.37 bits per heavy atom. The lowest BCUT2D eigenvalue weighted by atomic mass is 10.1. The standard InChI is InChI=1S/C12H16O5S2/c1-3-19(16,17)7-6-18(15)10-5-4-9(2)11(8-10)12(13)14/h4-5,8H,3,6-7H2,1-2H3,(H,13,14). The van der Waals surface area contributed by atoms with E-state index in [1.54, 1.807) is 19.1 Å². The first-order valence-corrected chi connectivity index (χ1v) is 8.83. The minimum absolute atomic E-state index is 0.0124. The summed E-state index contributed by atoms with van der Waals surface area (Å²) in [5.74, 6) is -1.25. The number of aryl methyl sites for hydroxylation is 1. The molecule has 106 valence electrons. The van der Waals surface area contributed by atoms with Gasteiger partial charge >= 0.3 is 5.97 Å². The van der Waals surface area contributed by atoms with E-state index in [1.165, 1.54) is 13.0 Å². The average Bonchev–Trinajstić information content (AvgIpc) is 2.36. The second kappa shape index (κ2) is 6.29. The molecule has 1 aromatic carbocycles. The molecule has 19 heavy (non-hydrogen) atoms. The largest absolute Gasteiger partial charge is 0.478 e. The van der Waals surface area contributed by atoms with E-state index < -0.39 is 26.6 Å². The van der Waals surface area contributed by atoms with Gasteiger partial charge in [0.05, 0.1) is 22.1 Å². The summed E-state index contributed by atoms with van der Waals surface area (Å²) in [6.45, 7) is 3.18. The Morgan fingerprint density at radius 2 is 2.00 bits per heavy atom. The Bertz CT molecular complexity index is 605. The normalized spacial score (nSPS) is 13.2. The summed E-state index contributed by atoms with van der Waals surface area (Å²) in [5.41, 5.74) is 0.665. The minimum Gasteiger partial charge on any atom is -0.478 e. The van der Waals surface area contributed by atoms with Crippen LogP contribution in [-0.2, 0) is 20.6 Å². The summed E-state index contributed by atoms with van der Waals surface area (Å²) < 4.78 is 34.6. The molecule has 0 aliphatic rings. The number of carbonyl (C=O) groups is 1. The van der Waals surface area contributed by atoms with Gasteiger partial charge in [-0.2, -0.15) is 0 Å². The number of hydrogen-bond donors (Lipinski definition) is 1. The highest BCUT2D eigenvalue weighted by molar-refractivity contribution is 7.93. The molecule has 0 aliphatic carbocycles. The molecule has 0 spiro atoms. The molecule has 0 fully saturated rings. The van der Waals surface area contributed by atoms with Crippen molar-refractivity contribution >= 4 is 26.6 Å². The predicted octanol–water partition coefficient (Wildman–Crippen LogP) is 1.24. The van der Waals surface area contributed by atoms with E-state index in [1.807, 2.05) is 0 Å². The van der Waals surface area contributed by atoms with E-state index >= 15 is 0 Å². The molecule has 0 radical (unpaired) electrons. The van der Waals surface area contributed by atoms with Crippen LogP contribution in [0.15, 0.2) is 23.1 Å². The summed E-state index contributed by atoms with van der Waals surface area (Å²) in [6.07, 6.45) is 0. The van der Waals surface area contributed by atoms with Gasteiger partial charge in [-0.15, -0.1) is 0 Å². The predicted molar refractivity (Wildman–Crippen MR) is 73.7 cm³/mol. The molecule has 0 aliphatic heterocycles. The quantitative estimate of drug-likeness (QED) is 0.854. The zero-order valence-electron chi connectivity index (χ0n) is 10.8. The monoisotopic (exact) mass is 304 g/mol. The van der Waals surface area contributed by atoms with Crippen molar-refractivity contribution in [2.75, 3.05) is 17.3 Å². The zero-order valence-corrected chi connectivity index (χ0v) is 12.4. The SMILES string of the molecule is CCS(=O)(=O)CCS(=O)c1ccc(C)c(C(=O)O)c1. The Balaban J connectivity index is 2.90. The molecule has 0 bridgehead atoms. The minimum atomic E-state index is -3.17. The van der Waals surface area contributed by atoms with Crippen LogP contribution < -0.4 is 0 Å². The van der Waals surface area contributed by atoms with Gasteiger partial charge in [-0.3, -0.25) is 4.21 Å². The van der Waals surface area contributed by atoms with Crippen LogP contribution in [0.5, 0.6) is 0 Å². The molecule has 0 amide bonds. The van der Waals surface area contributed by atoms with Gasteiger partial charge in [0.25, 0.3) is 0 Å². The van der Waals surface area contributed by atoms with Gasteiger partial charge in [-0.25, -0.2) is 13.2 Å². The smallest absolute Gasteiger partial charge is 0.335 e. The van der Waals surface area contributed by atoms with Crippen LogP contribution in [0.1, 0.15) is 22.8 Å². The Labute approximate surface area is 115 Å². The average molecular weight is 304 g/mol. The third-order valence-corrected chi connectivity index (χ3v) is 6.04. The zero-order chi connectivity index (χ0) is 14.6. The lowest BCUT2D eigenvalue weighted by Gasteiger charge is -2.06. The maximum absolute atomic E-state index is 11.9. The lowest BCUT2D eigenvalue weighted by molar-refractivity contribution is 0.0696. The van der Waals surface area contributed by atoms with Gasteiger partial charge in [-0.1, -0.05) is 13.0 Å². The first-order chi connectivity index (χ1) is 8.76. The fraction of sp³-hybridized carbons (Fsp3) is 0.417.